The molecule has 7 nitrogen and oxygen atoms in total. The summed E-state index contributed by atoms with van der Waals surface area (Å²) in [4.78, 5) is 26.5. The highest BCUT2D eigenvalue weighted by molar-refractivity contribution is 5.92. The average molecular weight is 367 g/mol. The summed E-state index contributed by atoms with van der Waals surface area (Å²) in [6.45, 7) is 3.43. The van der Waals surface area contributed by atoms with Gasteiger partial charge in [-0.2, -0.15) is 0 Å². The van der Waals surface area contributed by atoms with Crippen molar-refractivity contribution >= 4 is 5.91 Å². The largest absolute Gasteiger partial charge is 0.360 e. The van der Waals surface area contributed by atoms with Crippen molar-refractivity contribution in [1.82, 2.24) is 24.9 Å². The van der Waals surface area contributed by atoms with Gasteiger partial charge in [-0.15, -0.1) is 0 Å². The lowest BCUT2D eigenvalue weighted by atomic mass is 9.95. The summed E-state index contributed by atoms with van der Waals surface area (Å²) in [5.41, 5.74) is 2.57. The maximum absolute atomic E-state index is 12.8. The first-order chi connectivity index (χ1) is 13.2. The maximum atomic E-state index is 12.8. The third kappa shape index (κ3) is 3.36. The fourth-order valence-electron chi connectivity index (χ4n) is 4.08. The smallest absolute Gasteiger partial charge is 0.276 e. The number of carbonyl (C=O) groups is 1. The van der Waals surface area contributed by atoms with Gasteiger partial charge in [-0.05, 0) is 45.8 Å². The van der Waals surface area contributed by atoms with Crippen molar-refractivity contribution in [1.29, 1.82) is 0 Å². The molecular weight excluding hydrogens is 342 g/mol. The molecule has 2 fully saturated rings. The number of rotatable bonds is 3. The van der Waals surface area contributed by atoms with Gasteiger partial charge in [0.25, 0.3) is 5.91 Å². The van der Waals surface area contributed by atoms with Crippen LogP contribution in [0.25, 0.3) is 0 Å². The van der Waals surface area contributed by atoms with Crippen LogP contribution in [0.3, 0.4) is 0 Å². The number of nitrogens with zero attached hydrogens (tertiary/aromatic N) is 5. The molecule has 1 amide bonds. The molecule has 2 aromatic heterocycles. The normalized spacial score (nSPS) is 21.3. The van der Waals surface area contributed by atoms with E-state index in [-0.39, 0.29) is 5.91 Å². The number of hydrogen-bond donors (Lipinski definition) is 0. The zero-order valence-electron chi connectivity index (χ0n) is 15.7. The fourth-order valence-corrected chi connectivity index (χ4v) is 4.08. The predicted octanol–water partition coefficient (Wildman–Crippen LogP) is 2.35. The summed E-state index contributed by atoms with van der Waals surface area (Å²) >= 11 is 0. The minimum Gasteiger partial charge on any atom is -0.360 e. The van der Waals surface area contributed by atoms with E-state index in [1.54, 1.807) is 0 Å². The van der Waals surface area contributed by atoms with Gasteiger partial charge in [0.05, 0.1) is 5.69 Å². The zero-order valence-corrected chi connectivity index (χ0v) is 15.7. The minimum atomic E-state index is -0.0595. The van der Waals surface area contributed by atoms with Crippen LogP contribution in [-0.4, -0.2) is 57.5 Å². The highest BCUT2D eigenvalue weighted by Gasteiger charge is 2.31. The monoisotopic (exact) mass is 367 g/mol. The molecule has 142 valence electrons. The molecule has 2 aromatic rings. The molecule has 3 aliphatic rings. The van der Waals surface area contributed by atoms with Crippen molar-refractivity contribution in [2.75, 3.05) is 26.7 Å². The number of hydrogen-bond acceptors (Lipinski definition) is 6. The summed E-state index contributed by atoms with van der Waals surface area (Å²) in [5, 5.41) is 3.99. The lowest BCUT2D eigenvalue weighted by Crippen LogP contribution is -2.37. The van der Waals surface area contributed by atoms with E-state index in [1.165, 1.54) is 0 Å². The Kier molecular flexibility index (Phi) is 4.19. The van der Waals surface area contributed by atoms with Crippen LogP contribution in [0.5, 0.6) is 0 Å². The quantitative estimate of drug-likeness (QED) is 0.829. The van der Waals surface area contributed by atoms with Crippen LogP contribution in [0, 0.1) is 0 Å². The van der Waals surface area contributed by atoms with Crippen LogP contribution in [0.4, 0.5) is 0 Å². The second kappa shape index (κ2) is 6.71. The number of likely N-dealkylation sites (tertiary alicyclic amines) is 1. The molecule has 0 aromatic carbocycles. The molecule has 4 heterocycles. The summed E-state index contributed by atoms with van der Waals surface area (Å²) in [7, 11) is 2.16. The molecule has 0 N–H and O–H groups in total. The average Bonchev–Trinajstić information content (AvgIpc) is 3.44. The van der Waals surface area contributed by atoms with Gasteiger partial charge in [-0.1, -0.05) is 5.16 Å². The Morgan fingerprint density at radius 2 is 1.96 bits per heavy atom. The van der Waals surface area contributed by atoms with Crippen LogP contribution >= 0.6 is 0 Å². The molecule has 1 saturated heterocycles. The topological polar surface area (TPSA) is 75.4 Å². The molecule has 0 bridgehead atoms. The van der Waals surface area contributed by atoms with Gasteiger partial charge in [-0.25, -0.2) is 9.97 Å². The zero-order chi connectivity index (χ0) is 18.4. The Bertz CT molecular complexity index is 852. The maximum Gasteiger partial charge on any atom is 0.276 e. The van der Waals surface area contributed by atoms with E-state index in [2.05, 4.69) is 22.1 Å². The molecule has 7 heteroatoms. The Labute approximate surface area is 158 Å². The molecule has 0 atom stereocenters. The molecular formula is C20H25N5O2. The van der Waals surface area contributed by atoms with Crippen molar-refractivity contribution in [3.63, 3.8) is 0 Å². The van der Waals surface area contributed by atoms with E-state index in [4.69, 9.17) is 9.51 Å². The lowest BCUT2D eigenvalue weighted by molar-refractivity contribution is 0.0722. The third-order valence-corrected chi connectivity index (χ3v) is 6.05. The molecule has 0 unspecified atom stereocenters. The van der Waals surface area contributed by atoms with E-state index >= 15 is 0 Å². The summed E-state index contributed by atoms with van der Waals surface area (Å²) in [5.74, 6) is 2.69. The highest BCUT2D eigenvalue weighted by Crippen LogP contribution is 2.40. The van der Waals surface area contributed by atoms with E-state index in [0.717, 1.165) is 68.0 Å². The van der Waals surface area contributed by atoms with Crippen molar-refractivity contribution in [2.24, 2.45) is 0 Å². The molecule has 0 spiro atoms. The van der Waals surface area contributed by atoms with Gasteiger partial charge in [0.1, 0.15) is 11.6 Å². The molecule has 1 aliphatic carbocycles. The standard InChI is InChI=1S/C20H25N5O2/c1-24-7-4-14(5-8-24)19-21-11-15-12-25(9-6-16(15)22-19)20(26)17-10-18(27-23-17)13-2-3-13/h10-11,13-14H,2-9,12H2,1H3. The third-order valence-electron chi connectivity index (χ3n) is 6.05. The summed E-state index contributed by atoms with van der Waals surface area (Å²) in [6, 6.07) is 1.81. The van der Waals surface area contributed by atoms with Gasteiger partial charge in [0.15, 0.2) is 5.69 Å². The second-order valence-corrected chi connectivity index (χ2v) is 8.14. The van der Waals surface area contributed by atoms with Crippen molar-refractivity contribution in [3.05, 3.63) is 40.8 Å². The first kappa shape index (κ1) is 16.9. The van der Waals surface area contributed by atoms with Crippen LogP contribution in [-0.2, 0) is 13.0 Å². The van der Waals surface area contributed by atoms with Crippen LogP contribution in [0.2, 0.25) is 0 Å². The van der Waals surface area contributed by atoms with Crippen LogP contribution in [0.1, 0.15) is 70.8 Å². The predicted molar refractivity (Wildman–Crippen MR) is 98.4 cm³/mol. The molecule has 27 heavy (non-hydrogen) atoms. The Hall–Kier alpha value is -2.28. The summed E-state index contributed by atoms with van der Waals surface area (Å²) < 4.78 is 5.33. The molecule has 0 radical (unpaired) electrons. The molecule has 2 aliphatic heterocycles. The number of fused-ring (bicyclic) bond motifs is 1. The first-order valence-corrected chi connectivity index (χ1v) is 9.96. The fraction of sp³-hybridized carbons (Fsp3) is 0.600. The van der Waals surface area contributed by atoms with Gasteiger partial charge in [0.2, 0.25) is 0 Å². The molecule has 5 rings (SSSR count). The van der Waals surface area contributed by atoms with E-state index in [9.17, 15) is 4.79 Å². The number of aromatic nitrogens is 3. The second-order valence-electron chi connectivity index (χ2n) is 8.14. The Balaban J connectivity index is 1.28. The number of amides is 1. The van der Waals surface area contributed by atoms with E-state index in [1.807, 2.05) is 17.2 Å². The number of piperidine rings is 1. The van der Waals surface area contributed by atoms with Crippen LogP contribution in [0.15, 0.2) is 16.8 Å². The Morgan fingerprint density at radius 3 is 2.74 bits per heavy atom. The van der Waals surface area contributed by atoms with Gasteiger partial charge < -0.3 is 14.3 Å². The van der Waals surface area contributed by atoms with E-state index < -0.39 is 0 Å². The lowest BCUT2D eigenvalue weighted by Gasteiger charge is -2.30. The highest BCUT2D eigenvalue weighted by atomic mass is 16.5. The van der Waals surface area contributed by atoms with Gasteiger partial charge in [0, 0.05) is 49.2 Å². The van der Waals surface area contributed by atoms with E-state index in [0.29, 0.717) is 30.6 Å². The number of carbonyl (C=O) groups excluding carboxylic acids is 1. The minimum absolute atomic E-state index is 0.0595. The van der Waals surface area contributed by atoms with Crippen molar-refractivity contribution in [2.45, 2.75) is 50.5 Å². The SMILES string of the molecule is CN1CCC(c2ncc3c(n2)CCN(C(=O)c2cc(C4CC4)on2)C3)CC1. The van der Waals surface area contributed by atoms with Gasteiger partial charge >= 0.3 is 0 Å². The Morgan fingerprint density at radius 1 is 1.15 bits per heavy atom. The van der Waals surface area contributed by atoms with Crippen molar-refractivity contribution in [3.8, 4) is 0 Å². The van der Waals surface area contributed by atoms with Gasteiger partial charge in [-0.3, -0.25) is 4.79 Å². The summed E-state index contributed by atoms with van der Waals surface area (Å²) in [6.07, 6.45) is 7.21. The van der Waals surface area contributed by atoms with Crippen LogP contribution < -0.4 is 0 Å². The molecule has 1 saturated carbocycles. The first-order valence-electron chi connectivity index (χ1n) is 9.96. The van der Waals surface area contributed by atoms with Crippen molar-refractivity contribution < 1.29 is 9.32 Å².